The van der Waals surface area contributed by atoms with Gasteiger partial charge < -0.3 is 19.6 Å². The van der Waals surface area contributed by atoms with E-state index in [1.54, 1.807) is 0 Å². The topological polar surface area (TPSA) is 64.5 Å². The third-order valence-corrected chi connectivity index (χ3v) is 11.4. The van der Waals surface area contributed by atoms with Gasteiger partial charge >= 0.3 is 0 Å². The van der Waals surface area contributed by atoms with Gasteiger partial charge in [-0.3, -0.25) is 0 Å². The average Bonchev–Trinajstić information content (AvgIpc) is 3.05. The molecule has 0 saturated carbocycles. The molecular weight excluding hydrogens is 568 g/mol. The second-order valence-corrected chi connectivity index (χ2v) is 15.2. The zero-order chi connectivity index (χ0) is 33.5. The van der Waals surface area contributed by atoms with Gasteiger partial charge in [0.2, 0.25) is 11.9 Å². The van der Waals surface area contributed by atoms with Crippen LogP contribution in [0.25, 0.3) is 11.0 Å². The molecule has 260 valence electrons. The van der Waals surface area contributed by atoms with Crippen LogP contribution >= 0.6 is 0 Å². The molecule has 2 aliphatic heterocycles. The molecule has 2 aromatic heterocycles. The monoisotopic (exact) mass is 637 g/mol. The van der Waals surface area contributed by atoms with Gasteiger partial charge in [-0.05, 0) is 97.3 Å². The van der Waals surface area contributed by atoms with Crippen molar-refractivity contribution in [1.82, 2.24) is 19.9 Å². The van der Waals surface area contributed by atoms with Gasteiger partial charge in [0, 0.05) is 50.3 Å². The number of hydrogen-bond acceptors (Lipinski definition) is 8. The Balaban J connectivity index is 2.03. The fourth-order valence-corrected chi connectivity index (χ4v) is 7.95. The van der Waals surface area contributed by atoms with Crippen molar-refractivity contribution in [3.63, 3.8) is 0 Å². The van der Waals surface area contributed by atoms with Crippen LogP contribution in [0.5, 0.6) is 0 Å². The number of anilines is 4. The van der Waals surface area contributed by atoms with Gasteiger partial charge in [0.25, 0.3) is 0 Å². The number of hydrogen-bond donors (Lipinski definition) is 0. The van der Waals surface area contributed by atoms with E-state index in [4.69, 9.17) is 19.9 Å². The Morgan fingerprint density at radius 3 is 1.41 bits per heavy atom. The van der Waals surface area contributed by atoms with E-state index < -0.39 is 0 Å². The number of nitrogens with zero attached hydrogens (tertiary/aromatic N) is 8. The molecule has 2 aliphatic rings. The molecule has 0 radical (unpaired) electrons. The minimum atomic E-state index is 0.282. The van der Waals surface area contributed by atoms with E-state index in [2.05, 4.69) is 95.8 Å². The van der Waals surface area contributed by atoms with Crippen molar-refractivity contribution >= 4 is 34.6 Å². The first-order chi connectivity index (χ1) is 22.0. The summed E-state index contributed by atoms with van der Waals surface area (Å²) in [4.78, 5) is 32.1. The predicted molar refractivity (Wildman–Crippen MR) is 199 cm³/mol. The molecule has 0 spiro atoms. The highest BCUT2D eigenvalue weighted by Crippen LogP contribution is 2.38. The SMILES string of the molecule is CCCC(C)C(C)N(c1nc(N2CCCCC2)c2nc(N(C(C)C)C(C)C(CC)CC)nc(N3CCCCC3)c2n1)C(C)C(C)C. The Hall–Kier alpha value is -2.38. The lowest BCUT2D eigenvalue weighted by Crippen LogP contribution is -2.47. The zero-order valence-corrected chi connectivity index (χ0v) is 31.5. The maximum Gasteiger partial charge on any atom is 0.228 e. The molecule has 4 rings (SSSR count). The lowest BCUT2D eigenvalue weighted by atomic mass is 9.93. The fraction of sp³-hybridized carbons (Fsp3) is 0.842. The first-order valence-corrected chi connectivity index (χ1v) is 19.2. The van der Waals surface area contributed by atoms with Crippen LogP contribution in [0.1, 0.15) is 140 Å². The molecule has 2 fully saturated rings. The molecule has 0 aromatic carbocycles. The van der Waals surface area contributed by atoms with E-state index in [1.807, 2.05) is 0 Å². The average molecular weight is 637 g/mol. The third kappa shape index (κ3) is 8.01. The summed E-state index contributed by atoms with van der Waals surface area (Å²) in [6, 6.07) is 1.24. The highest BCUT2D eigenvalue weighted by molar-refractivity contribution is 5.95. The minimum absolute atomic E-state index is 0.282. The first-order valence-electron chi connectivity index (χ1n) is 19.2. The summed E-state index contributed by atoms with van der Waals surface area (Å²) in [5, 5.41) is 0. The van der Waals surface area contributed by atoms with Crippen molar-refractivity contribution in [2.75, 3.05) is 45.8 Å². The number of piperidine rings is 2. The summed E-state index contributed by atoms with van der Waals surface area (Å²) < 4.78 is 0. The molecule has 0 N–H and O–H groups in total. The molecule has 0 amide bonds. The van der Waals surface area contributed by atoms with Gasteiger partial charge in [-0.25, -0.2) is 9.97 Å². The highest BCUT2D eigenvalue weighted by atomic mass is 15.4. The zero-order valence-electron chi connectivity index (χ0n) is 31.5. The van der Waals surface area contributed by atoms with Gasteiger partial charge in [0.1, 0.15) is 11.0 Å². The van der Waals surface area contributed by atoms with Gasteiger partial charge in [0.15, 0.2) is 11.6 Å². The summed E-state index contributed by atoms with van der Waals surface area (Å²) in [6.45, 7) is 29.8. The van der Waals surface area contributed by atoms with Crippen LogP contribution in [0.4, 0.5) is 23.5 Å². The number of fused-ring (bicyclic) bond motifs is 1. The van der Waals surface area contributed by atoms with Gasteiger partial charge in [0.05, 0.1) is 0 Å². The van der Waals surface area contributed by atoms with Crippen molar-refractivity contribution in [2.45, 2.75) is 165 Å². The molecule has 4 heterocycles. The van der Waals surface area contributed by atoms with Crippen LogP contribution in [-0.2, 0) is 0 Å². The summed E-state index contributed by atoms with van der Waals surface area (Å²) in [7, 11) is 0. The summed E-state index contributed by atoms with van der Waals surface area (Å²) >= 11 is 0. The van der Waals surface area contributed by atoms with Crippen LogP contribution in [0, 0.1) is 17.8 Å². The van der Waals surface area contributed by atoms with E-state index in [1.165, 1.54) is 51.4 Å². The lowest BCUT2D eigenvalue weighted by Gasteiger charge is -2.41. The lowest BCUT2D eigenvalue weighted by molar-refractivity contribution is 0.358. The van der Waals surface area contributed by atoms with Crippen molar-refractivity contribution in [3.8, 4) is 0 Å². The molecule has 0 aliphatic carbocycles. The van der Waals surface area contributed by atoms with Crippen LogP contribution in [0.2, 0.25) is 0 Å². The Morgan fingerprint density at radius 2 is 1.02 bits per heavy atom. The van der Waals surface area contributed by atoms with Crippen molar-refractivity contribution in [1.29, 1.82) is 0 Å². The molecule has 8 heteroatoms. The fourth-order valence-electron chi connectivity index (χ4n) is 7.95. The van der Waals surface area contributed by atoms with Gasteiger partial charge in [-0.15, -0.1) is 0 Å². The van der Waals surface area contributed by atoms with E-state index >= 15 is 0 Å². The molecule has 2 aromatic rings. The Morgan fingerprint density at radius 1 is 0.565 bits per heavy atom. The molecule has 46 heavy (non-hydrogen) atoms. The molecular formula is C38H68N8. The largest absolute Gasteiger partial charge is 0.355 e. The van der Waals surface area contributed by atoms with Gasteiger partial charge in [-0.1, -0.05) is 60.8 Å². The van der Waals surface area contributed by atoms with Crippen LogP contribution in [-0.4, -0.2) is 70.3 Å². The van der Waals surface area contributed by atoms with Crippen LogP contribution in [0.3, 0.4) is 0 Å². The summed E-state index contributed by atoms with van der Waals surface area (Å²) in [5.41, 5.74) is 1.87. The Kier molecular flexibility index (Phi) is 13.2. The Bertz CT molecular complexity index is 1210. The van der Waals surface area contributed by atoms with Crippen LogP contribution < -0.4 is 19.6 Å². The van der Waals surface area contributed by atoms with Crippen molar-refractivity contribution in [3.05, 3.63) is 0 Å². The first kappa shape index (κ1) is 36.5. The third-order valence-electron chi connectivity index (χ3n) is 11.4. The highest BCUT2D eigenvalue weighted by Gasteiger charge is 2.33. The van der Waals surface area contributed by atoms with Gasteiger partial charge in [-0.2, -0.15) is 9.97 Å². The van der Waals surface area contributed by atoms with E-state index in [9.17, 15) is 0 Å². The maximum absolute atomic E-state index is 5.55. The second-order valence-electron chi connectivity index (χ2n) is 15.2. The minimum Gasteiger partial charge on any atom is -0.355 e. The standard InChI is InChI=1S/C38H68N8/c1-12-21-28(8)30(10)46(29(9)26(4)5)38-40-34-33(36(42-38)44-24-19-16-20-25-44)39-37(41-35(34)43-22-17-15-18-23-43)45(27(6)7)31(11)32(13-2)14-3/h26-32H,12-25H2,1-11H3. The van der Waals surface area contributed by atoms with E-state index in [0.29, 0.717) is 35.9 Å². The Labute approximate surface area is 282 Å². The van der Waals surface area contributed by atoms with Crippen LogP contribution in [0.15, 0.2) is 0 Å². The predicted octanol–water partition coefficient (Wildman–Crippen LogP) is 9.12. The van der Waals surface area contributed by atoms with E-state index in [-0.39, 0.29) is 6.04 Å². The molecule has 2 saturated heterocycles. The molecule has 4 atom stereocenters. The van der Waals surface area contributed by atoms with Crippen molar-refractivity contribution in [2.24, 2.45) is 17.8 Å². The smallest absolute Gasteiger partial charge is 0.228 e. The molecule has 4 unspecified atom stereocenters. The normalized spacial score (nSPS) is 18.8. The summed E-state index contributed by atoms with van der Waals surface area (Å²) in [5.74, 6) is 5.31. The second kappa shape index (κ2) is 16.6. The van der Waals surface area contributed by atoms with Crippen molar-refractivity contribution < 1.29 is 0 Å². The quantitative estimate of drug-likeness (QED) is 0.192. The van der Waals surface area contributed by atoms with E-state index in [0.717, 1.165) is 73.6 Å². The maximum atomic E-state index is 5.55. The molecule has 8 nitrogen and oxygen atoms in total. The number of rotatable bonds is 15. The molecule has 0 bridgehead atoms. The summed E-state index contributed by atoms with van der Waals surface area (Å²) in [6.07, 6.45) is 12.0. The number of aromatic nitrogens is 4.